The third kappa shape index (κ3) is 20.2. The molecule has 624 valence electrons. The average molecular weight is 1650 g/mol. The van der Waals surface area contributed by atoms with E-state index >= 15 is 0 Å². The van der Waals surface area contributed by atoms with Crippen LogP contribution in [0.4, 0.5) is 45.6 Å². The number of aromatic amines is 11. The highest BCUT2D eigenvalue weighted by molar-refractivity contribution is 7.15. The molecule has 6 fully saturated rings. The van der Waals surface area contributed by atoms with E-state index in [0.717, 1.165) is 130 Å². The minimum Gasteiger partial charge on any atom is -0.380 e. The van der Waals surface area contributed by atoms with Gasteiger partial charge in [-0.1, -0.05) is 24.6 Å². The SMILES string of the molecule is Cc1cnc(NC2COCC(Nc3ccc4c(=O)[nH][nH]c4c3)C2)s1.Cn1cnc(NC2COCC(Nc3ccc4c(=O)[nH][nH]c4c3)C2)c1.O=c1[nH][nH]c2cc(NC3COCC(Nc4ccccn4)C3)ccc12.O=c1[nH][nH]c2ccc(C3CCCC(Nc4nccnn4)C3)cc12.O=c1[nH][nH]c2ccc(C3COCC(Nc4cc(C5CC5)[nH]n4)C3)cc12. The molecule has 120 heavy (non-hydrogen) atoms. The molecule has 10 atom stereocenters. The second-order valence-corrected chi connectivity index (χ2v) is 32.8. The van der Waals surface area contributed by atoms with Gasteiger partial charge in [-0.15, -0.1) is 16.4 Å². The van der Waals surface area contributed by atoms with E-state index in [1.165, 1.54) is 29.0 Å². The Bertz CT molecular complexity index is 6060. The average Bonchev–Trinajstić information content (AvgIpc) is 1.64. The summed E-state index contributed by atoms with van der Waals surface area (Å²) in [5.74, 6) is 4.58. The van der Waals surface area contributed by atoms with Gasteiger partial charge < -0.3 is 66.0 Å². The maximum atomic E-state index is 11.8. The molecule has 5 aromatic carbocycles. The summed E-state index contributed by atoms with van der Waals surface area (Å²) in [4.78, 5) is 76.6. The number of aromatic nitrogens is 19. The van der Waals surface area contributed by atoms with Crippen LogP contribution in [-0.2, 0) is 26.0 Å². The Hall–Kier alpha value is -13.1. The second-order valence-electron chi connectivity index (χ2n) is 31.5. The minimum absolute atomic E-state index is 0.0592. The van der Waals surface area contributed by atoms with Crippen molar-refractivity contribution in [2.45, 2.75) is 137 Å². The molecule has 2 saturated carbocycles. The van der Waals surface area contributed by atoms with Gasteiger partial charge in [0.25, 0.3) is 27.8 Å². The van der Waals surface area contributed by atoms with Crippen molar-refractivity contribution in [3.8, 4) is 0 Å². The van der Waals surface area contributed by atoms with Crippen molar-refractivity contribution in [3.63, 3.8) is 0 Å². The summed E-state index contributed by atoms with van der Waals surface area (Å²) >= 11 is 1.65. The molecular weight excluding hydrogens is 1550 g/mol. The van der Waals surface area contributed by atoms with E-state index in [-0.39, 0.29) is 76.0 Å². The maximum absolute atomic E-state index is 11.8. The number of hydrogen-bond acceptors (Lipinski definition) is 25. The molecule has 14 heterocycles. The highest BCUT2D eigenvalue weighted by atomic mass is 32.1. The minimum atomic E-state index is -0.0998. The number of hydrogen-bond donors (Lipinski definition) is 19. The zero-order chi connectivity index (χ0) is 81.8. The number of rotatable bonds is 19. The number of anilines is 8. The van der Waals surface area contributed by atoms with Crippen LogP contribution >= 0.6 is 11.3 Å². The third-order valence-electron chi connectivity index (χ3n) is 22.3. The molecule has 21 rings (SSSR count). The van der Waals surface area contributed by atoms with Gasteiger partial charge in [0.15, 0.2) is 5.13 Å². The van der Waals surface area contributed by atoms with Crippen LogP contribution in [-0.4, -0.2) is 197 Å². The predicted octanol–water partition coefficient (Wildman–Crippen LogP) is 10.1. The summed E-state index contributed by atoms with van der Waals surface area (Å²) in [6.45, 7) is 7.39. The van der Waals surface area contributed by atoms with E-state index in [1.54, 1.807) is 36.3 Å². The van der Waals surface area contributed by atoms with Crippen LogP contribution in [0.1, 0.15) is 104 Å². The monoisotopic (exact) mass is 1650 g/mol. The summed E-state index contributed by atoms with van der Waals surface area (Å²) in [7, 11) is 1.95. The van der Waals surface area contributed by atoms with Gasteiger partial charge in [-0.25, -0.2) is 19.9 Å². The van der Waals surface area contributed by atoms with Gasteiger partial charge >= 0.3 is 0 Å². The van der Waals surface area contributed by atoms with Gasteiger partial charge in [0.1, 0.15) is 17.5 Å². The molecule has 4 aliphatic heterocycles. The number of fused-ring (bicyclic) bond motifs is 5. The van der Waals surface area contributed by atoms with Gasteiger partial charge in [-0.2, -0.15) is 10.2 Å². The molecule has 0 bridgehead atoms. The lowest BCUT2D eigenvalue weighted by Crippen LogP contribution is -2.41. The molecule has 4 saturated heterocycles. The van der Waals surface area contributed by atoms with E-state index in [9.17, 15) is 24.0 Å². The number of aryl methyl sites for hydroxylation is 2. The smallest absolute Gasteiger partial charge is 0.271 e. The van der Waals surface area contributed by atoms with Crippen molar-refractivity contribution in [3.05, 3.63) is 226 Å². The van der Waals surface area contributed by atoms with E-state index in [0.29, 0.717) is 98.2 Å². The molecule has 0 spiro atoms. The first kappa shape index (κ1) is 79.4. The predicted molar refractivity (Wildman–Crippen MR) is 464 cm³/mol. The van der Waals surface area contributed by atoms with Crippen LogP contribution in [0.5, 0.6) is 0 Å². The quantitative estimate of drug-likeness (QED) is 0.0358. The maximum Gasteiger partial charge on any atom is 0.271 e. The Morgan fingerprint density at radius 1 is 0.400 bits per heavy atom. The number of ether oxygens (including phenoxy) is 4. The zero-order valence-electron chi connectivity index (χ0n) is 66.2. The summed E-state index contributed by atoms with van der Waals surface area (Å²) in [6.07, 6.45) is 21.2. The molecule has 19 N–H and O–H groups in total. The molecule has 15 aromatic rings. The largest absolute Gasteiger partial charge is 0.380 e. The zero-order valence-corrected chi connectivity index (χ0v) is 67.0. The summed E-state index contributed by atoms with van der Waals surface area (Å²) < 4.78 is 24.9. The van der Waals surface area contributed by atoms with Crippen LogP contribution in [0.2, 0.25) is 0 Å². The van der Waals surface area contributed by atoms with Crippen molar-refractivity contribution in [1.82, 2.24) is 95.9 Å². The molecule has 10 aromatic heterocycles. The number of nitrogens with zero attached hydrogens (tertiary/aromatic N) is 8. The molecule has 10 unspecified atom stereocenters. The topological polar surface area (TPSA) is 487 Å². The number of thiazole rings is 1. The van der Waals surface area contributed by atoms with Crippen LogP contribution in [0.25, 0.3) is 54.5 Å². The van der Waals surface area contributed by atoms with Gasteiger partial charge in [0.2, 0.25) is 5.95 Å². The first-order valence-corrected chi connectivity index (χ1v) is 41.4. The normalized spacial score (nSPS) is 21.6. The number of imidazole rings is 1. The Labute approximate surface area is 688 Å². The van der Waals surface area contributed by atoms with Gasteiger partial charge in [0, 0.05) is 77.2 Å². The number of nitrogens with one attached hydrogen (secondary N) is 19. The highest BCUT2D eigenvalue weighted by Crippen LogP contribution is 2.40. The van der Waals surface area contributed by atoms with Crippen molar-refractivity contribution in [2.24, 2.45) is 7.05 Å². The Balaban J connectivity index is 0.000000107. The summed E-state index contributed by atoms with van der Waals surface area (Å²) in [5, 5.41) is 74.7. The van der Waals surface area contributed by atoms with Crippen molar-refractivity contribution in [1.29, 1.82) is 0 Å². The summed E-state index contributed by atoms with van der Waals surface area (Å²) in [6, 6.07) is 38.9. The first-order chi connectivity index (χ1) is 58.7. The van der Waals surface area contributed by atoms with Crippen LogP contribution in [0.3, 0.4) is 0 Å². The van der Waals surface area contributed by atoms with Gasteiger partial charge in [-0.05, 0) is 173 Å². The number of benzene rings is 5. The fraction of sp³-hybridized carbons (Fsp3) is 0.373. The lowest BCUT2D eigenvalue weighted by atomic mass is 9.81. The van der Waals surface area contributed by atoms with Crippen LogP contribution in [0, 0.1) is 6.92 Å². The number of pyridine rings is 1. The molecule has 0 amide bonds. The standard InChI is InChI=1S/C18H21N5O2.C17H19N5O2.C16H20N6O2.C16H18N6O.C16H19N5O2S/c24-18-14-6-11(3-4-15(14)20-23-18)12-5-13(9-25-8-12)19-17-7-16(21-22-17)10-1-2-10;23-17-14-5-4-11(8-15(14)21-22-17)19-12-7-13(10-24-9-12)20-16-3-1-2-6-18-16;1-22-6-15(17-9-22)19-12-4-11(7-24-8-12)18-10-2-3-13-14(5-10)20-21-16(13)23;23-15-13-9-11(4-5-14(13)20-21-15)10-2-1-3-12(8-10)19-16-17-6-7-18-22-16;1-9-6-17-16(24-9)19-12-4-11(7-23-8-12)18-10-2-3-13-14(5-10)20-21-15(13)22/h3-4,6-7,10,12-13H,1-2,5,8-9H2,(H2,19,21,22)(H2,20,23,24);1-6,8,12-13,19H,7,9-10H2,(H,18,20)(H2,21,22,23);2-3,5-6,9,11-12,18-19H,4,7-8H2,1H3,(H2,20,21,23);4-7,9-10,12H,1-3,8H2,(H,17,19,22)(H2,20,21,23);2-3,5-6,11-12,18H,4,7-8H2,1H3,(H,17,19)(H2,20,21,22). The molecule has 37 heteroatoms. The fourth-order valence-corrected chi connectivity index (χ4v) is 17.0. The Kier molecular flexibility index (Phi) is 24.4. The lowest BCUT2D eigenvalue weighted by Gasteiger charge is -2.31. The van der Waals surface area contributed by atoms with Gasteiger partial charge in [-0.3, -0.25) is 80.1 Å². The molecular formula is C83H97N27O9S. The molecule has 36 nitrogen and oxygen atoms in total. The highest BCUT2D eigenvalue weighted by Gasteiger charge is 2.31. The van der Waals surface area contributed by atoms with Crippen molar-refractivity contribution >= 4 is 111 Å². The van der Waals surface area contributed by atoms with E-state index in [2.05, 4.69) is 152 Å². The van der Waals surface area contributed by atoms with Crippen LogP contribution < -0.4 is 70.3 Å². The third-order valence-corrected chi connectivity index (χ3v) is 23.1. The molecule has 6 aliphatic rings. The van der Waals surface area contributed by atoms with E-state index < -0.39 is 0 Å². The van der Waals surface area contributed by atoms with Gasteiger partial charge in [0.05, 0.1) is 168 Å². The second kappa shape index (κ2) is 36.8. The first-order valence-electron chi connectivity index (χ1n) is 40.6. The van der Waals surface area contributed by atoms with E-state index in [1.807, 2.05) is 128 Å². The number of H-pyrrole nitrogens is 11. The van der Waals surface area contributed by atoms with Crippen molar-refractivity contribution < 1.29 is 18.9 Å². The molecule has 2 aliphatic carbocycles. The Morgan fingerprint density at radius 3 is 1.41 bits per heavy atom. The van der Waals surface area contributed by atoms with Crippen LogP contribution in [0.15, 0.2) is 177 Å². The van der Waals surface area contributed by atoms with Crippen molar-refractivity contribution in [2.75, 3.05) is 95.4 Å². The van der Waals surface area contributed by atoms with E-state index in [4.69, 9.17) is 18.9 Å². The summed E-state index contributed by atoms with van der Waals surface area (Å²) in [5.41, 5.74) is 10.1. The lowest BCUT2D eigenvalue weighted by molar-refractivity contribution is 0.0713. The molecule has 0 radical (unpaired) electrons. The fourth-order valence-electron chi connectivity index (χ4n) is 16.3. The Morgan fingerprint density at radius 2 is 0.900 bits per heavy atom.